The molecule has 4 rings (SSSR count). The molecular weight excluding hydrogens is 336 g/mol. The highest BCUT2D eigenvalue weighted by molar-refractivity contribution is 7.13. The van der Waals surface area contributed by atoms with Crippen LogP contribution in [0.4, 0.5) is 0 Å². The fourth-order valence-corrected chi connectivity index (χ4v) is 3.29. The van der Waals surface area contributed by atoms with Crippen molar-refractivity contribution in [3.8, 4) is 22.1 Å². The zero-order valence-corrected chi connectivity index (χ0v) is 14.7. The van der Waals surface area contributed by atoms with Gasteiger partial charge in [-0.2, -0.15) is 0 Å². The van der Waals surface area contributed by atoms with Gasteiger partial charge in [0, 0.05) is 23.2 Å². The van der Waals surface area contributed by atoms with E-state index in [1.807, 2.05) is 54.8 Å². The molecule has 0 aliphatic carbocycles. The van der Waals surface area contributed by atoms with Gasteiger partial charge in [-0.25, -0.2) is 0 Å². The Labute approximate surface area is 148 Å². The second-order valence-corrected chi connectivity index (χ2v) is 6.54. The second kappa shape index (κ2) is 6.57. The molecule has 0 bridgehead atoms. The number of methoxy groups -OCH3 is 1. The lowest BCUT2D eigenvalue weighted by Gasteiger charge is -2.10. The van der Waals surface area contributed by atoms with E-state index in [1.165, 1.54) is 0 Å². The molecule has 0 radical (unpaired) electrons. The second-order valence-electron chi connectivity index (χ2n) is 5.59. The van der Waals surface area contributed by atoms with Crippen molar-refractivity contribution >= 4 is 22.2 Å². The summed E-state index contributed by atoms with van der Waals surface area (Å²) in [5.41, 5.74) is 2.51. The summed E-state index contributed by atoms with van der Waals surface area (Å²) in [5, 5.41) is 7.01. The number of thiophene rings is 1. The van der Waals surface area contributed by atoms with Crippen molar-refractivity contribution in [1.29, 1.82) is 0 Å². The number of hydrogen-bond donors (Lipinski definition) is 0. The van der Waals surface area contributed by atoms with Gasteiger partial charge in [0.05, 0.1) is 17.5 Å². The SMILES string of the molecule is COc1ccc2nc(C)cc(OCc3cc(-c4cccs4)on3)c2c1. The number of aryl methyl sites for hydroxylation is 1. The number of rotatable bonds is 5. The maximum absolute atomic E-state index is 6.00. The Morgan fingerprint density at radius 1 is 1.16 bits per heavy atom. The normalized spacial score (nSPS) is 11.0. The Morgan fingerprint density at radius 3 is 2.88 bits per heavy atom. The van der Waals surface area contributed by atoms with Crippen molar-refractivity contribution in [2.24, 2.45) is 0 Å². The quantitative estimate of drug-likeness (QED) is 0.514. The number of aromatic nitrogens is 2. The van der Waals surface area contributed by atoms with Crippen LogP contribution in [0.15, 0.2) is 52.4 Å². The standard InChI is InChI=1S/C19H16N2O3S/c1-12-8-17(15-10-14(22-2)5-6-16(15)20-12)23-11-13-9-18(24-21-13)19-4-3-7-25-19/h3-10H,11H2,1-2H3. The maximum Gasteiger partial charge on any atom is 0.177 e. The molecular formula is C19H16N2O3S. The molecule has 0 saturated carbocycles. The van der Waals surface area contributed by atoms with Crippen LogP contribution in [0.5, 0.6) is 11.5 Å². The molecule has 0 N–H and O–H groups in total. The third-order valence-electron chi connectivity index (χ3n) is 3.80. The van der Waals surface area contributed by atoms with Crippen molar-refractivity contribution < 1.29 is 14.0 Å². The summed E-state index contributed by atoms with van der Waals surface area (Å²) >= 11 is 1.62. The van der Waals surface area contributed by atoms with Crippen LogP contribution < -0.4 is 9.47 Å². The molecule has 6 heteroatoms. The van der Waals surface area contributed by atoms with Gasteiger partial charge in [0.25, 0.3) is 0 Å². The molecule has 0 spiro atoms. The molecule has 0 fully saturated rings. The highest BCUT2D eigenvalue weighted by atomic mass is 32.1. The van der Waals surface area contributed by atoms with Gasteiger partial charge in [-0.05, 0) is 36.6 Å². The first-order valence-electron chi connectivity index (χ1n) is 7.80. The predicted molar refractivity (Wildman–Crippen MR) is 97.2 cm³/mol. The van der Waals surface area contributed by atoms with Crippen LogP contribution in [0, 0.1) is 6.92 Å². The molecule has 126 valence electrons. The first kappa shape index (κ1) is 15.7. The fourth-order valence-electron chi connectivity index (χ4n) is 2.61. The van der Waals surface area contributed by atoms with Crippen LogP contribution in [0.1, 0.15) is 11.4 Å². The summed E-state index contributed by atoms with van der Waals surface area (Å²) in [6, 6.07) is 13.6. The number of nitrogens with zero attached hydrogens (tertiary/aromatic N) is 2. The summed E-state index contributed by atoms with van der Waals surface area (Å²) in [7, 11) is 1.64. The van der Waals surface area contributed by atoms with Crippen molar-refractivity contribution in [1.82, 2.24) is 10.1 Å². The van der Waals surface area contributed by atoms with Crippen molar-refractivity contribution in [2.45, 2.75) is 13.5 Å². The monoisotopic (exact) mass is 352 g/mol. The number of hydrogen-bond acceptors (Lipinski definition) is 6. The summed E-state index contributed by atoms with van der Waals surface area (Å²) in [5.74, 6) is 2.28. The summed E-state index contributed by atoms with van der Waals surface area (Å²) in [4.78, 5) is 5.59. The van der Waals surface area contributed by atoms with Gasteiger partial charge < -0.3 is 14.0 Å². The fraction of sp³-hybridized carbons (Fsp3) is 0.158. The average molecular weight is 352 g/mol. The molecule has 0 atom stereocenters. The maximum atomic E-state index is 6.00. The number of benzene rings is 1. The van der Waals surface area contributed by atoms with E-state index in [4.69, 9.17) is 14.0 Å². The van der Waals surface area contributed by atoms with E-state index in [-0.39, 0.29) is 0 Å². The highest BCUT2D eigenvalue weighted by Crippen LogP contribution is 2.30. The highest BCUT2D eigenvalue weighted by Gasteiger charge is 2.11. The van der Waals surface area contributed by atoms with Crippen molar-refractivity contribution in [3.63, 3.8) is 0 Å². The Morgan fingerprint density at radius 2 is 2.08 bits per heavy atom. The molecule has 0 aliphatic heterocycles. The van der Waals surface area contributed by atoms with Gasteiger partial charge >= 0.3 is 0 Å². The van der Waals surface area contributed by atoms with Crippen molar-refractivity contribution in [2.75, 3.05) is 7.11 Å². The number of ether oxygens (including phenoxy) is 2. The molecule has 4 aromatic rings. The van der Waals surface area contributed by atoms with Crippen molar-refractivity contribution in [3.05, 3.63) is 59.2 Å². The first-order valence-corrected chi connectivity index (χ1v) is 8.68. The van der Waals surface area contributed by atoms with E-state index in [0.717, 1.165) is 44.4 Å². The van der Waals surface area contributed by atoms with Crippen LogP contribution in [-0.2, 0) is 6.61 Å². The summed E-state index contributed by atoms with van der Waals surface area (Å²) in [6.45, 7) is 2.27. The largest absolute Gasteiger partial charge is 0.497 e. The van der Waals surface area contributed by atoms with Crippen LogP contribution in [0.2, 0.25) is 0 Å². The summed E-state index contributed by atoms with van der Waals surface area (Å²) < 4.78 is 16.7. The molecule has 25 heavy (non-hydrogen) atoms. The predicted octanol–water partition coefficient (Wildman–Crippen LogP) is 4.85. The molecule has 3 heterocycles. The third-order valence-corrected chi connectivity index (χ3v) is 4.69. The minimum absolute atomic E-state index is 0.324. The Balaban J connectivity index is 1.60. The Bertz CT molecular complexity index is 1010. The van der Waals surface area contributed by atoms with E-state index in [2.05, 4.69) is 10.1 Å². The van der Waals surface area contributed by atoms with E-state index in [0.29, 0.717) is 6.61 Å². The van der Waals surface area contributed by atoms with Crippen LogP contribution >= 0.6 is 11.3 Å². The smallest absolute Gasteiger partial charge is 0.177 e. The molecule has 1 aromatic carbocycles. The Hall–Kier alpha value is -2.86. The van der Waals surface area contributed by atoms with E-state index in [1.54, 1.807) is 18.4 Å². The lowest BCUT2D eigenvalue weighted by Crippen LogP contribution is -1.98. The molecule has 5 nitrogen and oxygen atoms in total. The average Bonchev–Trinajstić information content (AvgIpc) is 3.30. The lowest BCUT2D eigenvalue weighted by molar-refractivity contribution is 0.293. The van der Waals surface area contributed by atoms with Crippen LogP contribution in [-0.4, -0.2) is 17.3 Å². The van der Waals surface area contributed by atoms with Crippen LogP contribution in [0.3, 0.4) is 0 Å². The third kappa shape index (κ3) is 3.21. The minimum Gasteiger partial charge on any atom is -0.497 e. The topological polar surface area (TPSA) is 57.4 Å². The van der Waals surface area contributed by atoms with Gasteiger partial charge in [0.1, 0.15) is 23.8 Å². The first-order chi connectivity index (χ1) is 12.2. The number of fused-ring (bicyclic) bond motifs is 1. The zero-order valence-electron chi connectivity index (χ0n) is 13.9. The summed E-state index contributed by atoms with van der Waals surface area (Å²) in [6.07, 6.45) is 0. The van der Waals surface area contributed by atoms with Gasteiger partial charge in [0.15, 0.2) is 5.76 Å². The lowest BCUT2D eigenvalue weighted by atomic mass is 10.1. The van der Waals surface area contributed by atoms with Gasteiger partial charge in [-0.1, -0.05) is 11.2 Å². The van der Waals surface area contributed by atoms with E-state index < -0.39 is 0 Å². The molecule has 0 aliphatic rings. The number of pyridine rings is 1. The van der Waals surface area contributed by atoms with Gasteiger partial charge in [-0.15, -0.1) is 11.3 Å². The zero-order chi connectivity index (χ0) is 17.2. The molecule has 0 unspecified atom stereocenters. The minimum atomic E-state index is 0.324. The molecule has 0 saturated heterocycles. The van der Waals surface area contributed by atoms with E-state index in [9.17, 15) is 0 Å². The Kier molecular flexibility index (Phi) is 4.11. The molecule has 3 aromatic heterocycles. The van der Waals surface area contributed by atoms with Gasteiger partial charge in [0.2, 0.25) is 0 Å². The van der Waals surface area contributed by atoms with Crippen LogP contribution in [0.25, 0.3) is 21.5 Å². The van der Waals surface area contributed by atoms with E-state index >= 15 is 0 Å². The molecule has 0 amide bonds. The van der Waals surface area contributed by atoms with Gasteiger partial charge in [-0.3, -0.25) is 4.98 Å².